The minimum atomic E-state index is -4.12. The quantitative estimate of drug-likeness (QED) is 0.786. The number of alkyl halides is 3. The van der Waals surface area contributed by atoms with Crippen molar-refractivity contribution in [3.05, 3.63) is 0 Å². The summed E-state index contributed by atoms with van der Waals surface area (Å²) in [5.41, 5.74) is -0.552. The second-order valence-electron chi connectivity index (χ2n) is 6.90. The number of fused-ring (bicyclic) bond motifs is 2. The summed E-state index contributed by atoms with van der Waals surface area (Å²) in [6.45, 7) is 6.46. The smallest absolute Gasteiger partial charge is 0.410 e. The molecule has 2 saturated heterocycles. The SMILES string of the molecule is CC(C)(C)OC(=O)N1C2CCC1CN(CCC(F)(F)F)C2. The van der Waals surface area contributed by atoms with E-state index in [0.29, 0.717) is 13.1 Å². The Bertz CT molecular complexity index is 379. The van der Waals surface area contributed by atoms with Crippen molar-refractivity contribution < 1.29 is 22.7 Å². The molecule has 2 aliphatic heterocycles. The van der Waals surface area contributed by atoms with E-state index in [2.05, 4.69) is 0 Å². The number of rotatable bonds is 2. The van der Waals surface area contributed by atoms with Gasteiger partial charge in [-0.25, -0.2) is 4.79 Å². The first-order chi connectivity index (χ1) is 9.55. The van der Waals surface area contributed by atoms with Crippen molar-refractivity contribution in [3.63, 3.8) is 0 Å². The van der Waals surface area contributed by atoms with E-state index in [-0.39, 0.29) is 24.7 Å². The van der Waals surface area contributed by atoms with E-state index in [1.54, 1.807) is 4.90 Å². The van der Waals surface area contributed by atoms with Crippen molar-refractivity contribution in [2.75, 3.05) is 19.6 Å². The zero-order valence-corrected chi connectivity index (χ0v) is 12.7. The van der Waals surface area contributed by atoms with Gasteiger partial charge in [-0.1, -0.05) is 0 Å². The number of hydrogen-bond acceptors (Lipinski definition) is 3. The van der Waals surface area contributed by atoms with Gasteiger partial charge in [0.05, 0.1) is 6.42 Å². The van der Waals surface area contributed by atoms with Crippen LogP contribution in [0.1, 0.15) is 40.0 Å². The number of piperazine rings is 1. The molecule has 2 rings (SSSR count). The number of hydrogen-bond donors (Lipinski definition) is 0. The molecule has 4 nitrogen and oxygen atoms in total. The van der Waals surface area contributed by atoms with Gasteiger partial charge in [-0.15, -0.1) is 0 Å². The fourth-order valence-electron chi connectivity index (χ4n) is 3.07. The van der Waals surface area contributed by atoms with Crippen molar-refractivity contribution in [3.8, 4) is 0 Å². The Morgan fingerprint density at radius 3 is 2.10 bits per heavy atom. The minimum Gasteiger partial charge on any atom is -0.444 e. The van der Waals surface area contributed by atoms with Crippen LogP contribution in [0.15, 0.2) is 0 Å². The van der Waals surface area contributed by atoms with Gasteiger partial charge in [0.25, 0.3) is 0 Å². The Morgan fingerprint density at radius 2 is 1.67 bits per heavy atom. The Hall–Kier alpha value is -0.980. The average molecular weight is 308 g/mol. The summed E-state index contributed by atoms with van der Waals surface area (Å²) in [5.74, 6) is 0. The van der Waals surface area contributed by atoms with Crippen LogP contribution in [0.25, 0.3) is 0 Å². The highest BCUT2D eigenvalue weighted by molar-refractivity contribution is 5.69. The molecular formula is C14H23F3N2O2. The molecule has 0 aliphatic carbocycles. The zero-order chi connectivity index (χ0) is 15.8. The highest BCUT2D eigenvalue weighted by atomic mass is 19.4. The molecule has 1 amide bonds. The van der Waals surface area contributed by atoms with Crippen LogP contribution in [-0.2, 0) is 4.74 Å². The molecule has 7 heteroatoms. The van der Waals surface area contributed by atoms with Crippen molar-refractivity contribution >= 4 is 6.09 Å². The lowest BCUT2D eigenvalue weighted by Crippen LogP contribution is -2.56. The summed E-state index contributed by atoms with van der Waals surface area (Å²) in [5, 5.41) is 0. The Labute approximate surface area is 123 Å². The van der Waals surface area contributed by atoms with E-state index in [1.807, 2.05) is 25.7 Å². The number of carbonyl (C=O) groups is 1. The molecule has 122 valence electrons. The monoisotopic (exact) mass is 308 g/mol. The fourth-order valence-corrected chi connectivity index (χ4v) is 3.07. The Balaban J connectivity index is 1.92. The second kappa shape index (κ2) is 5.66. The lowest BCUT2D eigenvalue weighted by molar-refractivity contribution is -0.139. The van der Waals surface area contributed by atoms with Gasteiger partial charge in [-0.2, -0.15) is 13.2 Å². The number of ether oxygens (including phenoxy) is 1. The van der Waals surface area contributed by atoms with Crippen molar-refractivity contribution in [2.45, 2.75) is 63.9 Å². The first kappa shape index (κ1) is 16.4. The highest BCUT2D eigenvalue weighted by Crippen LogP contribution is 2.32. The molecule has 2 unspecified atom stereocenters. The molecule has 0 aromatic rings. The summed E-state index contributed by atoms with van der Waals surface area (Å²) >= 11 is 0. The van der Waals surface area contributed by atoms with Gasteiger partial charge in [0.2, 0.25) is 0 Å². The topological polar surface area (TPSA) is 32.8 Å². The van der Waals surface area contributed by atoms with Gasteiger partial charge in [0.1, 0.15) is 5.60 Å². The van der Waals surface area contributed by atoms with E-state index in [1.165, 1.54) is 0 Å². The number of halogens is 3. The summed E-state index contributed by atoms with van der Waals surface area (Å²) in [4.78, 5) is 15.8. The predicted molar refractivity (Wildman–Crippen MR) is 72.0 cm³/mol. The van der Waals surface area contributed by atoms with E-state index < -0.39 is 18.2 Å². The van der Waals surface area contributed by atoms with Gasteiger partial charge >= 0.3 is 12.3 Å². The number of nitrogens with zero attached hydrogens (tertiary/aromatic N) is 2. The van der Waals surface area contributed by atoms with Crippen LogP contribution < -0.4 is 0 Å². The highest BCUT2D eigenvalue weighted by Gasteiger charge is 2.44. The van der Waals surface area contributed by atoms with Crippen molar-refractivity contribution in [1.29, 1.82) is 0 Å². The third kappa shape index (κ3) is 4.49. The molecule has 2 aliphatic rings. The lowest BCUT2D eigenvalue weighted by atomic mass is 10.2. The second-order valence-corrected chi connectivity index (χ2v) is 6.90. The van der Waals surface area contributed by atoms with Gasteiger partial charge in [0, 0.05) is 31.7 Å². The molecule has 2 heterocycles. The first-order valence-electron chi connectivity index (χ1n) is 7.35. The van der Waals surface area contributed by atoms with E-state index in [9.17, 15) is 18.0 Å². The summed E-state index contributed by atoms with van der Waals surface area (Å²) in [7, 11) is 0. The van der Waals surface area contributed by atoms with Crippen LogP contribution in [0.3, 0.4) is 0 Å². The lowest BCUT2D eigenvalue weighted by Gasteiger charge is -2.41. The van der Waals surface area contributed by atoms with Crippen molar-refractivity contribution in [1.82, 2.24) is 9.80 Å². The maximum atomic E-state index is 12.3. The van der Waals surface area contributed by atoms with Gasteiger partial charge in [0.15, 0.2) is 0 Å². The predicted octanol–water partition coefficient (Wildman–Crippen LogP) is 3.02. The van der Waals surface area contributed by atoms with Crippen molar-refractivity contribution in [2.24, 2.45) is 0 Å². The molecule has 0 radical (unpaired) electrons. The molecule has 0 N–H and O–H groups in total. The molecule has 2 bridgehead atoms. The maximum Gasteiger partial charge on any atom is 0.410 e. The number of amides is 1. The third-order valence-corrected chi connectivity index (χ3v) is 3.87. The molecule has 2 atom stereocenters. The molecule has 0 aromatic heterocycles. The number of carbonyl (C=O) groups excluding carboxylic acids is 1. The van der Waals surface area contributed by atoms with Gasteiger partial charge in [-0.3, -0.25) is 9.80 Å². The maximum absolute atomic E-state index is 12.3. The molecule has 21 heavy (non-hydrogen) atoms. The number of likely N-dealkylation sites (tertiary alicyclic amines) is 1. The fraction of sp³-hybridized carbons (Fsp3) is 0.929. The molecule has 2 fully saturated rings. The van der Waals surface area contributed by atoms with Crippen LogP contribution in [-0.4, -0.2) is 59.4 Å². The van der Waals surface area contributed by atoms with Crippen LogP contribution in [0.4, 0.5) is 18.0 Å². The molecule has 0 saturated carbocycles. The van der Waals surface area contributed by atoms with Crippen LogP contribution >= 0.6 is 0 Å². The molecule has 0 aromatic carbocycles. The third-order valence-electron chi connectivity index (χ3n) is 3.87. The van der Waals surface area contributed by atoms with Crippen LogP contribution in [0, 0.1) is 0 Å². The van der Waals surface area contributed by atoms with E-state index >= 15 is 0 Å². The van der Waals surface area contributed by atoms with E-state index in [0.717, 1.165) is 12.8 Å². The standard InChI is InChI=1S/C14H23F3N2O2/c1-13(2,3)21-12(20)19-10-4-5-11(19)9-18(8-10)7-6-14(15,16)17/h10-11H,4-9H2,1-3H3. The van der Waals surface area contributed by atoms with Gasteiger partial charge < -0.3 is 4.74 Å². The van der Waals surface area contributed by atoms with Crippen LogP contribution in [0.2, 0.25) is 0 Å². The van der Waals surface area contributed by atoms with E-state index in [4.69, 9.17) is 4.74 Å². The Morgan fingerprint density at radius 1 is 1.14 bits per heavy atom. The largest absolute Gasteiger partial charge is 0.444 e. The van der Waals surface area contributed by atoms with Gasteiger partial charge in [-0.05, 0) is 33.6 Å². The Kier molecular flexibility index (Phi) is 4.42. The first-order valence-corrected chi connectivity index (χ1v) is 7.35. The normalized spacial score (nSPS) is 27.0. The average Bonchev–Trinajstić information content (AvgIpc) is 2.55. The molecule has 0 spiro atoms. The summed E-state index contributed by atoms with van der Waals surface area (Å²) in [6, 6.07) is -0.0429. The minimum absolute atomic E-state index is 0.0126. The zero-order valence-electron chi connectivity index (χ0n) is 12.7. The van der Waals surface area contributed by atoms with Crippen LogP contribution in [0.5, 0.6) is 0 Å². The summed E-state index contributed by atoms with van der Waals surface area (Å²) < 4.78 is 42.3. The molecular weight excluding hydrogens is 285 g/mol. The summed E-state index contributed by atoms with van der Waals surface area (Å²) in [6.07, 6.45) is -3.58.